The molecule has 4 heteroatoms. The first-order chi connectivity index (χ1) is 8.20. The highest BCUT2D eigenvalue weighted by Gasteiger charge is 2.12. The second kappa shape index (κ2) is 5.81. The molecule has 0 saturated heterocycles. The van der Waals surface area contributed by atoms with Gasteiger partial charge in [-0.05, 0) is 35.3 Å². The van der Waals surface area contributed by atoms with Crippen molar-refractivity contribution in [2.45, 2.75) is 39.9 Å². The van der Waals surface area contributed by atoms with Crippen molar-refractivity contribution in [1.82, 2.24) is 4.98 Å². The molecule has 1 aromatic heterocycles. The Morgan fingerprint density at radius 3 is 2.56 bits per heavy atom. The highest BCUT2D eigenvalue weighted by atomic mass is 79.9. The highest BCUT2D eigenvalue weighted by Crippen LogP contribution is 2.21. The lowest BCUT2D eigenvalue weighted by molar-refractivity contribution is -0.116. The Hall–Kier alpha value is -0.923. The Balaban J connectivity index is 3.32. The molecule has 18 heavy (non-hydrogen) atoms. The Bertz CT molecular complexity index is 535. The molecule has 0 aliphatic carbocycles. The molecule has 0 bridgehead atoms. The zero-order chi connectivity index (χ0) is 13.9. The summed E-state index contributed by atoms with van der Waals surface area (Å²) < 4.78 is 0.940. The Morgan fingerprint density at radius 2 is 2.06 bits per heavy atom. The van der Waals surface area contributed by atoms with E-state index in [-0.39, 0.29) is 5.78 Å². The Kier molecular flexibility index (Phi) is 4.89. The summed E-state index contributed by atoms with van der Waals surface area (Å²) in [6.45, 7) is 10.2. The van der Waals surface area contributed by atoms with E-state index in [1.807, 2.05) is 6.92 Å². The zero-order valence-electron chi connectivity index (χ0n) is 11.5. The molecule has 0 aliphatic heterocycles. The van der Waals surface area contributed by atoms with Gasteiger partial charge in [-0.2, -0.15) is 0 Å². The number of ketones is 1. The lowest BCUT2D eigenvalue weighted by Gasteiger charge is -2.09. The minimum absolute atomic E-state index is 0.111. The normalized spacial score (nSPS) is 10.8. The smallest absolute Gasteiger partial charge is 0.135 e. The van der Waals surface area contributed by atoms with E-state index in [4.69, 9.17) is 0 Å². The van der Waals surface area contributed by atoms with Crippen LogP contribution in [-0.4, -0.2) is 18.8 Å². The molecule has 0 aromatic carbocycles. The summed E-state index contributed by atoms with van der Waals surface area (Å²) in [6.07, 6.45) is 2.09. The van der Waals surface area contributed by atoms with Crippen LogP contribution in [-0.2, 0) is 11.2 Å². The quantitative estimate of drug-likeness (QED) is 0.615. The summed E-state index contributed by atoms with van der Waals surface area (Å²) in [6, 6.07) is 0. The summed E-state index contributed by atoms with van der Waals surface area (Å²) in [5.41, 5.74) is 6.09. The number of hydrogen-bond acceptors (Lipinski definition) is 2. The van der Waals surface area contributed by atoms with Crippen molar-refractivity contribution < 1.29 is 4.79 Å². The van der Waals surface area contributed by atoms with Crippen molar-refractivity contribution in [3.05, 3.63) is 27.5 Å². The van der Waals surface area contributed by atoms with Crippen LogP contribution in [0.1, 0.15) is 23.7 Å². The second-order valence-corrected chi connectivity index (χ2v) is 11.0. The molecule has 0 N–H and O–H groups in total. The van der Waals surface area contributed by atoms with E-state index < -0.39 is 8.07 Å². The molecular formula is C14H18BrNOSi. The summed E-state index contributed by atoms with van der Waals surface area (Å²) in [4.78, 5) is 15.6. The third kappa shape index (κ3) is 4.39. The maximum absolute atomic E-state index is 11.3. The van der Waals surface area contributed by atoms with Crippen LogP contribution in [0.25, 0.3) is 0 Å². The highest BCUT2D eigenvalue weighted by molar-refractivity contribution is 9.10. The number of carbonyl (C=O) groups excluding carboxylic acids is 1. The standard InChI is InChI=1S/C14H18BrNOSi/c1-10(17)8-14-12(6-7-18(3,4)5)11(2)13(15)9-16-14/h9H,8H2,1-5H3. The van der Waals surface area contributed by atoms with Gasteiger partial charge in [0.15, 0.2) is 0 Å². The van der Waals surface area contributed by atoms with Gasteiger partial charge in [0.2, 0.25) is 0 Å². The molecule has 0 atom stereocenters. The van der Waals surface area contributed by atoms with Crippen LogP contribution in [0.5, 0.6) is 0 Å². The summed E-state index contributed by atoms with van der Waals surface area (Å²) >= 11 is 3.46. The Morgan fingerprint density at radius 1 is 1.44 bits per heavy atom. The molecule has 0 radical (unpaired) electrons. The maximum Gasteiger partial charge on any atom is 0.135 e. The zero-order valence-corrected chi connectivity index (χ0v) is 14.1. The van der Waals surface area contributed by atoms with E-state index in [1.54, 1.807) is 13.1 Å². The van der Waals surface area contributed by atoms with E-state index in [0.29, 0.717) is 6.42 Å². The lowest BCUT2D eigenvalue weighted by Crippen LogP contribution is -2.16. The maximum atomic E-state index is 11.3. The molecular weight excluding hydrogens is 306 g/mol. The molecule has 0 amide bonds. The third-order valence-electron chi connectivity index (χ3n) is 2.33. The Labute approximate surface area is 118 Å². The van der Waals surface area contributed by atoms with Crippen LogP contribution in [0.2, 0.25) is 19.6 Å². The number of halogens is 1. The predicted octanol–water partition coefficient (Wildman–Crippen LogP) is 3.51. The summed E-state index contributed by atoms with van der Waals surface area (Å²) in [7, 11) is -1.43. The third-order valence-corrected chi connectivity index (χ3v) is 4.01. The van der Waals surface area contributed by atoms with Gasteiger partial charge in [-0.25, -0.2) is 0 Å². The van der Waals surface area contributed by atoms with Crippen molar-refractivity contribution in [3.8, 4) is 11.5 Å². The van der Waals surface area contributed by atoms with Gasteiger partial charge in [0.1, 0.15) is 13.9 Å². The minimum Gasteiger partial charge on any atom is -0.300 e. The molecule has 96 valence electrons. The average Bonchev–Trinajstić information content (AvgIpc) is 2.21. The molecule has 1 heterocycles. The van der Waals surface area contributed by atoms with Gasteiger partial charge in [0, 0.05) is 22.7 Å². The fourth-order valence-electron chi connectivity index (χ4n) is 1.42. The monoisotopic (exact) mass is 323 g/mol. The molecule has 0 spiro atoms. The average molecular weight is 324 g/mol. The van der Waals surface area contributed by atoms with Gasteiger partial charge in [-0.1, -0.05) is 25.6 Å². The largest absolute Gasteiger partial charge is 0.300 e. The summed E-state index contributed by atoms with van der Waals surface area (Å²) in [5, 5.41) is 0. The van der Waals surface area contributed by atoms with Gasteiger partial charge in [-0.3, -0.25) is 9.78 Å². The van der Waals surface area contributed by atoms with Crippen LogP contribution in [0.15, 0.2) is 10.7 Å². The SMILES string of the molecule is CC(=O)Cc1ncc(Br)c(C)c1C#C[Si](C)(C)C. The molecule has 0 saturated carbocycles. The van der Waals surface area contributed by atoms with Gasteiger partial charge < -0.3 is 0 Å². The molecule has 0 unspecified atom stereocenters. The van der Waals surface area contributed by atoms with Crippen LogP contribution in [0, 0.1) is 18.4 Å². The summed E-state index contributed by atoms with van der Waals surface area (Å²) in [5.74, 6) is 3.35. The number of rotatable bonds is 2. The van der Waals surface area contributed by atoms with Gasteiger partial charge in [0.05, 0.1) is 5.69 Å². The first kappa shape index (κ1) is 15.1. The van der Waals surface area contributed by atoms with Crippen molar-refractivity contribution in [1.29, 1.82) is 0 Å². The van der Waals surface area contributed by atoms with Crippen molar-refractivity contribution in [2.75, 3.05) is 0 Å². The first-order valence-corrected chi connectivity index (χ1v) is 10.2. The predicted molar refractivity (Wildman–Crippen MR) is 81.3 cm³/mol. The van der Waals surface area contributed by atoms with E-state index in [0.717, 1.165) is 21.3 Å². The van der Waals surface area contributed by atoms with E-state index in [1.165, 1.54) is 0 Å². The number of nitrogens with zero attached hydrogens (tertiary/aromatic N) is 1. The number of aromatic nitrogens is 1. The van der Waals surface area contributed by atoms with Crippen LogP contribution < -0.4 is 0 Å². The molecule has 1 aromatic rings. The molecule has 0 aliphatic rings. The fraction of sp³-hybridized carbons (Fsp3) is 0.429. The number of carbonyl (C=O) groups is 1. The second-order valence-electron chi connectivity index (χ2n) is 5.43. The van der Waals surface area contributed by atoms with E-state index >= 15 is 0 Å². The number of hydrogen-bond donors (Lipinski definition) is 0. The van der Waals surface area contributed by atoms with Crippen LogP contribution >= 0.6 is 15.9 Å². The molecule has 1 rings (SSSR count). The topological polar surface area (TPSA) is 30.0 Å². The fourth-order valence-corrected chi connectivity index (χ4v) is 2.22. The lowest BCUT2D eigenvalue weighted by atomic mass is 10.1. The van der Waals surface area contributed by atoms with Crippen LogP contribution in [0.3, 0.4) is 0 Å². The van der Waals surface area contributed by atoms with Crippen molar-refractivity contribution >= 4 is 29.8 Å². The van der Waals surface area contributed by atoms with E-state index in [9.17, 15) is 4.79 Å². The molecule has 2 nitrogen and oxygen atoms in total. The van der Waals surface area contributed by atoms with Crippen LogP contribution in [0.4, 0.5) is 0 Å². The van der Waals surface area contributed by atoms with Gasteiger partial charge in [0.25, 0.3) is 0 Å². The first-order valence-electron chi connectivity index (χ1n) is 5.87. The van der Waals surface area contributed by atoms with Gasteiger partial charge >= 0.3 is 0 Å². The van der Waals surface area contributed by atoms with Gasteiger partial charge in [-0.15, -0.1) is 5.54 Å². The molecule has 0 fully saturated rings. The number of pyridine rings is 1. The number of Topliss-reactive ketones (excluding diaryl/α,β-unsaturated/α-hetero) is 1. The minimum atomic E-state index is -1.43. The van der Waals surface area contributed by atoms with E-state index in [2.05, 4.69) is 52.0 Å². The van der Waals surface area contributed by atoms with Crippen molar-refractivity contribution in [2.24, 2.45) is 0 Å². The van der Waals surface area contributed by atoms with Crippen molar-refractivity contribution in [3.63, 3.8) is 0 Å².